The standard InChI is InChI=1S/C37H21N3S/c1-3-11-22(12-4-1)35-38-36(23-13-5-2-6-14-23)40-37(39-35)29-21-24-15-9-18-27-31(24)32-25(29)17-10-19-28(32)34-33(27)26-16-7-8-20-30(26)41-34/h1-21H. The molecule has 0 bridgehead atoms. The summed E-state index contributed by atoms with van der Waals surface area (Å²) in [5.74, 6) is 2.03. The van der Waals surface area contributed by atoms with Crippen molar-refractivity contribution in [3.63, 3.8) is 0 Å². The average Bonchev–Trinajstić information content (AvgIpc) is 3.45. The Bertz CT molecular complexity index is 2350. The summed E-state index contributed by atoms with van der Waals surface area (Å²) in [6.07, 6.45) is 0. The second-order valence-corrected chi connectivity index (χ2v) is 11.4. The van der Waals surface area contributed by atoms with Gasteiger partial charge in [-0.3, -0.25) is 0 Å². The van der Waals surface area contributed by atoms with Crippen molar-refractivity contribution in [2.75, 3.05) is 0 Å². The van der Waals surface area contributed by atoms with Crippen LogP contribution >= 0.6 is 11.3 Å². The SMILES string of the molecule is c1ccc(-c2nc(-c3ccccc3)nc(-c3cc4cccc5c6c7ccccc7sc6c6cccc3c6c45)n2)cc1. The predicted molar refractivity (Wildman–Crippen MR) is 173 cm³/mol. The Balaban J connectivity index is 1.42. The summed E-state index contributed by atoms with van der Waals surface area (Å²) in [6, 6.07) is 44.7. The van der Waals surface area contributed by atoms with Crippen molar-refractivity contribution in [3.05, 3.63) is 127 Å². The largest absolute Gasteiger partial charge is 0.208 e. The van der Waals surface area contributed by atoms with E-state index in [1.807, 2.05) is 47.7 Å². The average molecular weight is 540 g/mol. The molecule has 7 aromatic carbocycles. The lowest BCUT2D eigenvalue weighted by atomic mass is 9.89. The van der Waals surface area contributed by atoms with Gasteiger partial charge in [-0.25, -0.2) is 15.0 Å². The van der Waals surface area contributed by atoms with Crippen LogP contribution in [0.5, 0.6) is 0 Å². The Morgan fingerprint density at radius 2 is 1.00 bits per heavy atom. The molecular formula is C37H21N3S. The smallest absolute Gasteiger partial charge is 0.164 e. The van der Waals surface area contributed by atoms with Crippen LogP contribution in [0.15, 0.2) is 127 Å². The first-order valence-corrected chi connectivity index (χ1v) is 14.5. The van der Waals surface area contributed by atoms with Gasteiger partial charge in [0.05, 0.1) is 0 Å². The van der Waals surface area contributed by atoms with Crippen molar-refractivity contribution in [3.8, 4) is 34.2 Å². The topological polar surface area (TPSA) is 38.7 Å². The van der Waals surface area contributed by atoms with Crippen LogP contribution in [-0.2, 0) is 0 Å². The van der Waals surface area contributed by atoms with E-state index < -0.39 is 0 Å². The summed E-state index contributed by atoms with van der Waals surface area (Å²) in [6.45, 7) is 0. The van der Waals surface area contributed by atoms with Crippen molar-refractivity contribution < 1.29 is 0 Å². The zero-order valence-corrected chi connectivity index (χ0v) is 22.7. The maximum Gasteiger partial charge on any atom is 0.164 e. The molecule has 190 valence electrons. The Morgan fingerprint density at radius 1 is 0.415 bits per heavy atom. The number of aromatic nitrogens is 3. The summed E-state index contributed by atoms with van der Waals surface area (Å²) in [5, 5.41) is 10.2. The zero-order chi connectivity index (χ0) is 26.9. The number of nitrogens with zero attached hydrogens (tertiary/aromatic N) is 3. The minimum Gasteiger partial charge on any atom is -0.208 e. The number of benzene rings is 7. The molecule has 0 radical (unpaired) electrons. The second kappa shape index (κ2) is 8.65. The van der Waals surface area contributed by atoms with E-state index in [0.717, 1.165) is 22.1 Å². The van der Waals surface area contributed by atoms with Gasteiger partial charge in [-0.15, -0.1) is 11.3 Å². The third kappa shape index (κ3) is 3.35. The predicted octanol–water partition coefficient (Wildman–Crippen LogP) is 10.1. The lowest BCUT2D eigenvalue weighted by molar-refractivity contribution is 1.08. The van der Waals surface area contributed by atoms with E-state index in [0.29, 0.717) is 17.5 Å². The summed E-state index contributed by atoms with van der Waals surface area (Å²) in [7, 11) is 0. The van der Waals surface area contributed by atoms with Crippen LogP contribution in [-0.4, -0.2) is 15.0 Å². The van der Waals surface area contributed by atoms with Crippen LogP contribution in [0.3, 0.4) is 0 Å². The molecule has 4 heteroatoms. The van der Waals surface area contributed by atoms with Crippen molar-refractivity contribution in [2.45, 2.75) is 0 Å². The van der Waals surface area contributed by atoms with Gasteiger partial charge in [-0.2, -0.15) is 0 Å². The van der Waals surface area contributed by atoms with Crippen LogP contribution in [0.1, 0.15) is 0 Å². The van der Waals surface area contributed by atoms with Crippen LogP contribution in [0.25, 0.3) is 86.7 Å². The fourth-order valence-electron chi connectivity index (χ4n) is 6.26. The van der Waals surface area contributed by atoms with Crippen LogP contribution in [0, 0.1) is 0 Å². The number of rotatable bonds is 3. The molecule has 0 unspecified atom stereocenters. The first kappa shape index (κ1) is 22.6. The Kier molecular flexibility index (Phi) is 4.77. The monoisotopic (exact) mass is 539 g/mol. The lowest BCUT2D eigenvalue weighted by Gasteiger charge is -2.16. The van der Waals surface area contributed by atoms with E-state index in [1.54, 1.807) is 0 Å². The third-order valence-electron chi connectivity index (χ3n) is 8.05. The molecule has 0 saturated carbocycles. The Morgan fingerprint density at radius 3 is 1.76 bits per heavy atom. The quantitative estimate of drug-likeness (QED) is 0.210. The molecule has 0 aliphatic carbocycles. The van der Waals surface area contributed by atoms with E-state index in [9.17, 15) is 0 Å². The van der Waals surface area contributed by atoms with Gasteiger partial charge in [0, 0.05) is 42.2 Å². The van der Waals surface area contributed by atoms with Gasteiger partial charge >= 0.3 is 0 Å². The number of hydrogen-bond donors (Lipinski definition) is 0. The van der Waals surface area contributed by atoms with Crippen molar-refractivity contribution in [1.82, 2.24) is 15.0 Å². The van der Waals surface area contributed by atoms with Gasteiger partial charge < -0.3 is 0 Å². The van der Waals surface area contributed by atoms with E-state index in [1.165, 1.54) is 47.1 Å². The summed E-state index contributed by atoms with van der Waals surface area (Å²) in [5.41, 5.74) is 2.96. The molecule has 0 aliphatic heterocycles. The minimum absolute atomic E-state index is 0.673. The van der Waals surface area contributed by atoms with E-state index in [2.05, 4.69) is 91.0 Å². The van der Waals surface area contributed by atoms with Gasteiger partial charge in [-0.1, -0.05) is 115 Å². The van der Waals surface area contributed by atoms with E-state index in [-0.39, 0.29) is 0 Å². The Hall–Kier alpha value is -5.19. The molecule has 41 heavy (non-hydrogen) atoms. The van der Waals surface area contributed by atoms with Crippen LogP contribution in [0.2, 0.25) is 0 Å². The minimum atomic E-state index is 0.673. The van der Waals surface area contributed by atoms with E-state index >= 15 is 0 Å². The maximum absolute atomic E-state index is 5.09. The van der Waals surface area contributed by atoms with Gasteiger partial charge in [0.2, 0.25) is 0 Å². The van der Waals surface area contributed by atoms with Crippen molar-refractivity contribution >= 4 is 63.8 Å². The first-order chi connectivity index (χ1) is 20.3. The lowest BCUT2D eigenvalue weighted by Crippen LogP contribution is -2.01. The van der Waals surface area contributed by atoms with Crippen LogP contribution in [0.4, 0.5) is 0 Å². The maximum atomic E-state index is 5.09. The molecule has 9 rings (SSSR count). The second-order valence-electron chi connectivity index (χ2n) is 10.4. The van der Waals surface area contributed by atoms with Crippen molar-refractivity contribution in [2.24, 2.45) is 0 Å². The molecule has 3 nitrogen and oxygen atoms in total. The normalized spacial score (nSPS) is 11.9. The van der Waals surface area contributed by atoms with Crippen molar-refractivity contribution in [1.29, 1.82) is 0 Å². The fourth-order valence-corrected chi connectivity index (χ4v) is 7.51. The third-order valence-corrected chi connectivity index (χ3v) is 9.25. The van der Waals surface area contributed by atoms with Gasteiger partial charge in [0.15, 0.2) is 17.5 Å². The van der Waals surface area contributed by atoms with Gasteiger partial charge in [0.1, 0.15) is 0 Å². The zero-order valence-electron chi connectivity index (χ0n) is 21.9. The molecule has 0 atom stereocenters. The summed E-state index contributed by atoms with van der Waals surface area (Å²) >= 11 is 1.88. The molecule has 0 amide bonds. The molecule has 9 aromatic rings. The van der Waals surface area contributed by atoms with Gasteiger partial charge in [0.25, 0.3) is 0 Å². The molecule has 0 spiro atoms. The Labute approximate surface area is 239 Å². The highest BCUT2D eigenvalue weighted by atomic mass is 32.1. The molecule has 0 aliphatic rings. The summed E-state index contributed by atoms with van der Waals surface area (Å²) < 4.78 is 2.65. The fraction of sp³-hybridized carbons (Fsp3) is 0. The van der Waals surface area contributed by atoms with E-state index in [4.69, 9.17) is 15.0 Å². The van der Waals surface area contributed by atoms with Gasteiger partial charge in [-0.05, 0) is 39.1 Å². The highest BCUT2D eigenvalue weighted by molar-refractivity contribution is 7.27. The molecule has 0 N–H and O–H groups in total. The highest BCUT2D eigenvalue weighted by Gasteiger charge is 2.21. The molecule has 2 aromatic heterocycles. The molecular weight excluding hydrogens is 518 g/mol. The highest BCUT2D eigenvalue weighted by Crippen LogP contribution is 2.48. The number of thiophene rings is 1. The molecule has 2 heterocycles. The number of hydrogen-bond acceptors (Lipinski definition) is 4. The number of fused-ring (bicyclic) bond motifs is 5. The molecule has 0 fully saturated rings. The molecule has 0 saturated heterocycles. The summed E-state index contributed by atoms with van der Waals surface area (Å²) in [4.78, 5) is 15.1. The first-order valence-electron chi connectivity index (χ1n) is 13.7. The van der Waals surface area contributed by atoms with Crippen LogP contribution < -0.4 is 0 Å².